The first kappa shape index (κ1) is 19.8. The van der Waals surface area contributed by atoms with Crippen molar-refractivity contribution in [2.24, 2.45) is 5.92 Å². The van der Waals surface area contributed by atoms with Gasteiger partial charge >= 0.3 is 12.1 Å². The SMILES string of the molecule is COC(=O)CC1Cc2cc(Cl)c3[nH]nc(Cl)c3c2CN(CC(F)(F)F)C1=O. The number of ether oxygens (including phenoxy) is 1. The van der Waals surface area contributed by atoms with Crippen molar-refractivity contribution in [3.8, 4) is 0 Å². The minimum absolute atomic E-state index is 0.0365. The number of carbonyl (C=O) groups is 2. The molecule has 1 N–H and O–H groups in total. The van der Waals surface area contributed by atoms with E-state index in [-0.39, 0.29) is 29.6 Å². The zero-order valence-corrected chi connectivity index (χ0v) is 15.5. The zero-order chi connectivity index (χ0) is 19.9. The number of rotatable bonds is 3. The predicted molar refractivity (Wildman–Crippen MR) is 91.4 cm³/mol. The molecule has 1 aromatic carbocycles. The van der Waals surface area contributed by atoms with E-state index in [9.17, 15) is 22.8 Å². The number of hydrogen-bond donors (Lipinski definition) is 1. The number of nitrogens with zero attached hydrogens (tertiary/aromatic N) is 2. The molecule has 2 aromatic rings. The molecule has 0 bridgehead atoms. The standard InChI is InChI=1S/C16H14Cl2F3N3O3/c1-27-11(25)4-8-2-7-3-10(17)13-12(14(18)23-22-13)9(7)5-24(15(8)26)6-16(19,20)21/h3,8H,2,4-6H2,1H3,(H,22,23). The molecule has 1 amide bonds. The van der Waals surface area contributed by atoms with Crippen LogP contribution in [0.25, 0.3) is 10.9 Å². The van der Waals surface area contributed by atoms with Crippen LogP contribution in [0.5, 0.6) is 0 Å². The van der Waals surface area contributed by atoms with Gasteiger partial charge in [-0.25, -0.2) is 0 Å². The maximum atomic E-state index is 13.0. The van der Waals surface area contributed by atoms with Crippen LogP contribution < -0.4 is 0 Å². The molecule has 6 nitrogen and oxygen atoms in total. The van der Waals surface area contributed by atoms with Crippen LogP contribution in [-0.2, 0) is 27.3 Å². The Kier molecular flexibility index (Phi) is 5.27. The monoisotopic (exact) mass is 423 g/mol. The number of esters is 1. The second kappa shape index (κ2) is 7.20. The second-order valence-electron chi connectivity index (χ2n) is 6.25. The quantitative estimate of drug-likeness (QED) is 0.766. The zero-order valence-electron chi connectivity index (χ0n) is 14.0. The van der Waals surface area contributed by atoms with E-state index in [0.717, 1.165) is 7.11 Å². The lowest BCUT2D eigenvalue weighted by atomic mass is 9.93. The van der Waals surface area contributed by atoms with Crippen molar-refractivity contribution < 1.29 is 27.5 Å². The Morgan fingerprint density at radius 3 is 2.78 bits per heavy atom. The fraction of sp³-hybridized carbons (Fsp3) is 0.438. The molecule has 1 unspecified atom stereocenters. The number of aromatic nitrogens is 2. The highest BCUT2D eigenvalue weighted by molar-refractivity contribution is 6.39. The highest BCUT2D eigenvalue weighted by atomic mass is 35.5. The Balaban J connectivity index is 2.13. The third-order valence-electron chi connectivity index (χ3n) is 4.44. The summed E-state index contributed by atoms with van der Waals surface area (Å²) in [6.07, 6.45) is -4.89. The van der Waals surface area contributed by atoms with Gasteiger partial charge in [0.1, 0.15) is 6.54 Å². The van der Waals surface area contributed by atoms with Crippen molar-refractivity contribution in [3.63, 3.8) is 0 Å². The highest BCUT2D eigenvalue weighted by Crippen LogP contribution is 2.37. The number of hydrogen-bond acceptors (Lipinski definition) is 4. The fourth-order valence-electron chi connectivity index (χ4n) is 3.28. The molecule has 0 saturated heterocycles. The number of halogens is 5. The van der Waals surface area contributed by atoms with E-state index in [4.69, 9.17) is 23.2 Å². The Morgan fingerprint density at radius 2 is 2.15 bits per heavy atom. The number of alkyl halides is 3. The van der Waals surface area contributed by atoms with Gasteiger partial charge in [-0.05, 0) is 23.6 Å². The summed E-state index contributed by atoms with van der Waals surface area (Å²) in [5, 5.41) is 7.19. The van der Waals surface area contributed by atoms with Crippen molar-refractivity contribution in [1.82, 2.24) is 15.1 Å². The summed E-state index contributed by atoms with van der Waals surface area (Å²) in [4.78, 5) is 25.0. The molecule has 11 heteroatoms. The maximum absolute atomic E-state index is 13.0. The molecule has 1 aromatic heterocycles. The first-order chi connectivity index (χ1) is 12.6. The number of fused-ring (bicyclic) bond motifs is 3. The molecule has 1 atom stereocenters. The Hall–Kier alpha value is -2.00. The van der Waals surface area contributed by atoms with Gasteiger partial charge in [0.15, 0.2) is 5.15 Å². The topological polar surface area (TPSA) is 75.3 Å². The van der Waals surface area contributed by atoms with Crippen LogP contribution in [0.15, 0.2) is 6.07 Å². The van der Waals surface area contributed by atoms with Gasteiger partial charge in [0, 0.05) is 11.9 Å². The van der Waals surface area contributed by atoms with Crippen LogP contribution in [0.3, 0.4) is 0 Å². The molecule has 1 aliphatic heterocycles. The second-order valence-corrected chi connectivity index (χ2v) is 7.02. The van der Waals surface area contributed by atoms with Gasteiger partial charge in [-0.1, -0.05) is 23.2 Å². The summed E-state index contributed by atoms with van der Waals surface area (Å²) in [5.74, 6) is -2.46. The summed E-state index contributed by atoms with van der Waals surface area (Å²) in [6, 6.07) is 1.56. The van der Waals surface area contributed by atoms with E-state index < -0.39 is 30.5 Å². The number of nitrogens with one attached hydrogen (secondary N) is 1. The molecular weight excluding hydrogens is 410 g/mol. The molecule has 146 valence electrons. The molecule has 0 fully saturated rings. The first-order valence-corrected chi connectivity index (χ1v) is 8.62. The summed E-state index contributed by atoms with van der Waals surface area (Å²) in [5.41, 5.74) is 1.35. The number of H-pyrrole nitrogens is 1. The smallest absolute Gasteiger partial charge is 0.406 e. The number of methoxy groups -OCH3 is 1. The summed E-state index contributed by atoms with van der Waals surface area (Å²) in [7, 11) is 1.15. The maximum Gasteiger partial charge on any atom is 0.406 e. The summed E-state index contributed by atoms with van der Waals surface area (Å²) in [6.45, 7) is -1.76. The molecule has 3 rings (SSSR count). The van der Waals surface area contributed by atoms with Crippen LogP contribution in [0.2, 0.25) is 10.2 Å². The van der Waals surface area contributed by atoms with E-state index in [1.165, 1.54) is 0 Å². The van der Waals surface area contributed by atoms with Gasteiger partial charge in [-0.3, -0.25) is 14.7 Å². The number of carbonyl (C=O) groups excluding carboxylic acids is 2. The third-order valence-corrected chi connectivity index (χ3v) is 5.01. The average molecular weight is 424 g/mol. The number of aromatic amines is 1. The number of benzene rings is 1. The van der Waals surface area contributed by atoms with E-state index in [0.29, 0.717) is 26.9 Å². The minimum Gasteiger partial charge on any atom is -0.469 e. The van der Waals surface area contributed by atoms with Gasteiger partial charge in [0.2, 0.25) is 5.91 Å². The van der Waals surface area contributed by atoms with Crippen molar-refractivity contribution in [3.05, 3.63) is 27.4 Å². The average Bonchev–Trinajstić information content (AvgIpc) is 2.92. The normalized spacial score (nSPS) is 17.8. The van der Waals surface area contributed by atoms with Crippen LogP contribution >= 0.6 is 23.2 Å². The van der Waals surface area contributed by atoms with Crippen LogP contribution in [0, 0.1) is 5.92 Å². The summed E-state index contributed by atoms with van der Waals surface area (Å²) < 4.78 is 43.6. The van der Waals surface area contributed by atoms with Gasteiger partial charge in [0.25, 0.3) is 0 Å². The van der Waals surface area contributed by atoms with Crippen molar-refractivity contribution in [2.45, 2.75) is 25.6 Å². The predicted octanol–water partition coefficient (Wildman–Crippen LogP) is 3.50. The van der Waals surface area contributed by atoms with E-state index >= 15 is 0 Å². The van der Waals surface area contributed by atoms with Gasteiger partial charge in [0.05, 0.1) is 30.0 Å². The molecule has 0 saturated carbocycles. The van der Waals surface area contributed by atoms with Crippen molar-refractivity contribution in [2.75, 3.05) is 13.7 Å². The lowest BCUT2D eigenvalue weighted by molar-refractivity contribution is -0.165. The number of amides is 1. The van der Waals surface area contributed by atoms with Crippen molar-refractivity contribution in [1.29, 1.82) is 0 Å². The molecule has 27 heavy (non-hydrogen) atoms. The van der Waals surface area contributed by atoms with Gasteiger partial charge < -0.3 is 9.64 Å². The van der Waals surface area contributed by atoms with Crippen LogP contribution in [0.4, 0.5) is 13.2 Å². The third kappa shape index (κ3) is 3.98. The Labute approximate surface area is 161 Å². The van der Waals surface area contributed by atoms with Crippen LogP contribution in [-0.4, -0.2) is 46.8 Å². The molecule has 1 aliphatic rings. The van der Waals surface area contributed by atoms with E-state index in [1.54, 1.807) is 6.07 Å². The highest BCUT2D eigenvalue weighted by Gasteiger charge is 2.39. The molecular formula is C16H14Cl2F3N3O3. The Morgan fingerprint density at radius 1 is 1.44 bits per heavy atom. The molecule has 0 aliphatic carbocycles. The van der Waals surface area contributed by atoms with Crippen molar-refractivity contribution >= 4 is 46.0 Å². The minimum atomic E-state index is -4.60. The lowest BCUT2D eigenvalue weighted by Gasteiger charge is -2.25. The first-order valence-electron chi connectivity index (χ1n) is 7.87. The van der Waals surface area contributed by atoms with E-state index in [2.05, 4.69) is 14.9 Å². The van der Waals surface area contributed by atoms with Gasteiger partial charge in [-0.2, -0.15) is 18.3 Å². The molecule has 0 radical (unpaired) electrons. The molecule has 0 spiro atoms. The largest absolute Gasteiger partial charge is 0.469 e. The summed E-state index contributed by atoms with van der Waals surface area (Å²) >= 11 is 12.3. The van der Waals surface area contributed by atoms with Crippen LogP contribution in [0.1, 0.15) is 17.5 Å². The fourth-order valence-corrected chi connectivity index (χ4v) is 3.80. The lowest BCUT2D eigenvalue weighted by Crippen LogP contribution is -2.41. The van der Waals surface area contributed by atoms with E-state index in [1.807, 2.05) is 0 Å². The Bertz CT molecular complexity index is 914. The van der Waals surface area contributed by atoms with Gasteiger partial charge in [-0.15, -0.1) is 0 Å². The molecule has 2 heterocycles.